The molecule has 0 aliphatic rings. The third kappa shape index (κ3) is 5.18. The molecule has 0 heterocycles. The highest BCUT2D eigenvalue weighted by Gasteiger charge is 1.99. The van der Waals surface area contributed by atoms with Crippen LogP contribution in [0.2, 0.25) is 0 Å². The maximum atomic E-state index is 11.1. The van der Waals surface area contributed by atoms with E-state index in [-0.39, 0.29) is 5.97 Å². The van der Waals surface area contributed by atoms with Crippen LogP contribution in [0.1, 0.15) is 18.1 Å². The van der Waals surface area contributed by atoms with Crippen LogP contribution >= 0.6 is 0 Å². The van der Waals surface area contributed by atoms with Gasteiger partial charge in [-0.15, -0.1) is 0 Å². The second-order valence-electron chi connectivity index (χ2n) is 4.52. The van der Waals surface area contributed by atoms with E-state index >= 15 is 0 Å². The van der Waals surface area contributed by atoms with Crippen LogP contribution in [-0.2, 0) is 9.59 Å². The van der Waals surface area contributed by atoms with Gasteiger partial charge in [0, 0.05) is 24.1 Å². The quantitative estimate of drug-likeness (QED) is 0.378. The minimum Gasteiger partial charge on any atom is -0.427 e. The fourth-order valence-corrected chi connectivity index (χ4v) is 1.68. The predicted octanol–water partition coefficient (Wildman–Crippen LogP) is 3.10. The van der Waals surface area contributed by atoms with Crippen molar-refractivity contribution in [3.63, 3.8) is 0 Å². The lowest BCUT2D eigenvalue weighted by Gasteiger charge is -2.00. The summed E-state index contributed by atoms with van der Waals surface area (Å²) >= 11 is 0. The van der Waals surface area contributed by atoms with Gasteiger partial charge in [-0.25, -0.2) is 4.79 Å². The van der Waals surface area contributed by atoms with Crippen LogP contribution in [0.3, 0.4) is 0 Å². The number of hydrogen-bond donors (Lipinski definition) is 0. The summed E-state index contributed by atoms with van der Waals surface area (Å²) in [6.45, 7) is 4.69. The summed E-state index contributed by atoms with van der Waals surface area (Å²) in [5.41, 5.74) is 1.58. The van der Waals surface area contributed by atoms with Crippen molar-refractivity contribution in [3.8, 4) is 23.3 Å². The van der Waals surface area contributed by atoms with Gasteiger partial charge in [0.05, 0.1) is 0 Å². The van der Waals surface area contributed by atoms with Crippen LogP contribution in [0.15, 0.2) is 61.2 Å². The summed E-state index contributed by atoms with van der Waals surface area (Å²) in [6.07, 6.45) is 1.10. The largest absolute Gasteiger partial charge is 0.427 e. The average Bonchev–Trinajstić information content (AvgIpc) is 2.55. The Morgan fingerprint density at radius 1 is 0.870 bits per heavy atom. The smallest absolute Gasteiger partial charge is 0.335 e. The molecule has 2 rings (SSSR count). The number of carbonyl (C=O) groups is 2. The first kappa shape index (κ1) is 16.1. The molecule has 0 saturated carbocycles. The van der Waals surface area contributed by atoms with Gasteiger partial charge in [0.25, 0.3) is 0 Å². The third-order valence-corrected chi connectivity index (χ3v) is 2.71. The second-order valence-corrected chi connectivity index (χ2v) is 4.52. The molecule has 0 unspecified atom stereocenters. The number of rotatable bonds is 3. The molecule has 0 fully saturated rings. The first-order valence-electron chi connectivity index (χ1n) is 6.81. The SMILES string of the molecule is C=CC(=O)Oc1ccc(C#Cc2ccc(OC(C)=O)cc2)cc1. The van der Waals surface area contributed by atoms with Crippen molar-refractivity contribution in [2.75, 3.05) is 0 Å². The van der Waals surface area contributed by atoms with Crippen LogP contribution in [0.4, 0.5) is 0 Å². The number of carbonyl (C=O) groups excluding carboxylic acids is 2. The maximum absolute atomic E-state index is 11.1. The van der Waals surface area contributed by atoms with Gasteiger partial charge < -0.3 is 9.47 Å². The molecule has 0 N–H and O–H groups in total. The Balaban J connectivity index is 2.05. The molecule has 0 radical (unpaired) electrons. The van der Waals surface area contributed by atoms with Gasteiger partial charge >= 0.3 is 11.9 Å². The molecule has 0 spiro atoms. The maximum Gasteiger partial charge on any atom is 0.335 e. The predicted molar refractivity (Wildman–Crippen MR) is 86.0 cm³/mol. The van der Waals surface area contributed by atoms with Gasteiger partial charge in [-0.1, -0.05) is 18.4 Å². The Morgan fingerprint density at radius 2 is 1.30 bits per heavy atom. The Labute approximate surface area is 134 Å². The van der Waals surface area contributed by atoms with E-state index in [2.05, 4.69) is 18.4 Å². The lowest BCUT2D eigenvalue weighted by atomic mass is 10.2. The number of benzene rings is 2. The standard InChI is InChI=1S/C19H14O4/c1-3-19(21)23-18-12-8-16(9-13-18)5-4-15-6-10-17(11-7-15)22-14(2)20/h3,6-13H,1H2,2H3. The van der Waals surface area contributed by atoms with Gasteiger partial charge in [-0.3, -0.25) is 4.79 Å². The van der Waals surface area contributed by atoms with E-state index in [1.54, 1.807) is 48.5 Å². The summed E-state index contributed by atoms with van der Waals surface area (Å²) in [7, 11) is 0. The van der Waals surface area contributed by atoms with Gasteiger partial charge in [0.15, 0.2) is 0 Å². The molecule has 0 aliphatic carbocycles. The van der Waals surface area contributed by atoms with Crippen LogP contribution in [-0.4, -0.2) is 11.9 Å². The third-order valence-electron chi connectivity index (χ3n) is 2.71. The molecule has 0 bridgehead atoms. The molecular formula is C19H14O4. The van der Waals surface area contributed by atoms with Crippen molar-refractivity contribution in [2.24, 2.45) is 0 Å². The molecule has 23 heavy (non-hydrogen) atoms. The minimum atomic E-state index is -0.503. The summed E-state index contributed by atoms with van der Waals surface area (Å²) in [4.78, 5) is 21.9. The van der Waals surface area contributed by atoms with Gasteiger partial charge in [0.2, 0.25) is 0 Å². The van der Waals surface area contributed by atoms with Crippen molar-refractivity contribution in [3.05, 3.63) is 72.3 Å². The van der Waals surface area contributed by atoms with E-state index in [0.29, 0.717) is 11.5 Å². The minimum absolute atomic E-state index is 0.360. The zero-order valence-corrected chi connectivity index (χ0v) is 12.5. The van der Waals surface area contributed by atoms with Crippen LogP contribution in [0.25, 0.3) is 0 Å². The van der Waals surface area contributed by atoms with E-state index in [1.807, 2.05) is 0 Å². The summed E-state index contributed by atoms with van der Waals surface area (Å²) in [5.74, 6) is 6.05. The zero-order valence-electron chi connectivity index (χ0n) is 12.5. The van der Waals surface area contributed by atoms with Crippen LogP contribution < -0.4 is 9.47 Å². The fourth-order valence-electron chi connectivity index (χ4n) is 1.68. The van der Waals surface area contributed by atoms with Crippen molar-refractivity contribution < 1.29 is 19.1 Å². The lowest BCUT2D eigenvalue weighted by molar-refractivity contribution is -0.132. The molecule has 0 saturated heterocycles. The summed E-state index contributed by atoms with van der Waals surface area (Å²) in [6, 6.07) is 13.7. The molecule has 4 heteroatoms. The molecular weight excluding hydrogens is 292 g/mol. The second kappa shape index (κ2) is 7.62. The van der Waals surface area contributed by atoms with E-state index < -0.39 is 5.97 Å². The van der Waals surface area contributed by atoms with Crippen LogP contribution in [0, 0.1) is 11.8 Å². The molecule has 0 aliphatic heterocycles. The summed E-state index contributed by atoms with van der Waals surface area (Å²) in [5, 5.41) is 0. The first-order valence-corrected chi connectivity index (χ1v) is 6.81. The van der Waals surface area contributed by atoms with Crippen LogP contribution in [0.5, 0.6) is 11.5 Å². The molecule has 2 aromatic rings. The highest BCUT2D eigenvalue weighted by molar-refractivity contribution is 5.83. The highest BCUT2D eigenvalue weighted by atomic mass is 16.5. The average molecular weight is 306 g/mol. The van der Waals surface area contributed by atoms with Gasteiger partial charge in [-0.2, -0.15) is 0 Å². The molecule has 114 valence electrons. The first-order chi connectivity index (χ1) is 11.1. The van der Waals surface area contributed by atoms with E-state index in [1.165, 1.54) is 6.92 Å². The van der Waals surface area contributed by atoms with E-state index in [0.717, 1.165) is 17.2 Å². The molecule has 0 aromatic heterocycles. The van der Waals surface area contributed by atoms with Gasteiger partial charge in [-0.05, 0) is 48.5 Å². The van der Waals surface area contributed by atoms with Crippen molar-refractivity contribution >= 4 is 11.9 Å². The highest BCUT2D eigenvalue weighted by Crippen LogP contribution is 2.13. The monoisotopic (exact) mass is 306 g/mol. The van der Waals surface area contributed by atoms with Crippen molar-refractivity contribution in [1.29, 1.82) is 0 Å². The summed E-state index contributed by atoms with van der Waals surface area (Å²) < 4.78 is 9.93. The number of hydrogen-bond acceptors (Lipinski definition) is 4. The van der Waals surface area contributed by atoms with E-state index in [4.69, 9.17) is 9.47 Å². The van der Waals surface area contributed by atoms with Crippen molar-refractivity contribution in [2.45, 2.75) is 6.92 Å². The van der Waals surface area contributed by atoms with E-state index in [9.17, 15) is 9.59 Å². The molecule has 0 amide bonds. The molecule has 0 atom stereocenters. The molecule has 2 aromatic carbocycles. The Hall–Kier alpha value is -3.32. The number of ether oxygens (including phenoxy) is 2. The normalized spacial score (nSPS) is 9.26. The lowest BCUT2D eigenvalue weighted by Crippen LogP contribution is -2.02. The van der Waals surface area contributed by atoms with Crippen molar-refractivity contribution in [1.82, 2.24) is 0 Å². The zero-order chi connectivity index (χ0) is 16.7. The molecule has 4 nitrogen and oxygen atoms in total. The number of esters is 2. The van der Waals surface area contributed by atoms with Gasteiger partial charge in [0.1, 0.15) is 11.5 Å². The Kier molecular flexibility index (Phi) is 5.32. The Morgan fingerprint density at radius 3 is 1.70 bits per heavy atom. The topological polar surface area (TPSA) is 52.6 Å². The fraction of sp³-hybridized carbons (Fsp3) is 0.0526. The Bertz CT molecular complexity index is 775.